The Morgan fingerprint density at radius 1 is 1.32 bits per heavy atom. The molecule has 5 rings (SSSR count). The summed E-state index contributed by atoms with van der Waals surface area (Å²) in [5.41, 5.74) is 2.04. The number of nitrogens with zero attached hydrogens (tertiary/aromatic N) is 7. The normalized spacial score (nSPS) is 14.4. The predicted molar refractivity (Wildman–Crippen MR) is 109 cm³/mol. The SMILES string of the molecule is Cc1nc2c(C#N)c(C(F)F)nn2c(N2CC(O)C2)c1-c1ccnc2cc(Cl)cnc12. The molecule has 1 fully saturated rings. The first-order chi connectivity index (χ1) is 14.9. The lowest BCUT2D eigenvalue weighted by Crippen LogP contribution is -2.51. The third-order valence-electron chi connectivity index (χ3n) is 5.24. The summed E-state index contributed by atoms with van der Waals surface area (Å²) in [5.74, 6) is 0.459. The number of hydrogen-bond donors (Lipinski definition) is 1. The minimum Gasteiger partial charge on any atom is -0.389 e. The number of aryl methyl sites for hydroxylation is 1. The molecule has 4 aromatic rings. The molecule has 0 amide bonds. The molecule has 0 saturated carbocycles. The molecule has 0 atom stereocenters. The molecule has 1 aliphatic rings. The summed E-state index contributed by atoms with van der Waals surface area (Å²) in [7, 11) is 0. The van der Waals surface area contributed by atoms with Crippen LogP contribution in [0.25, 0.3) is 27.8 Å². The van der Waals surface area contributed by atoms with Gasteiger partial charge in [0.1, 0.15) is 23.1 Å². The molecular formula is C20H14ClF2N7O. The Labute approximate surface area is 179 Å². The van der Waals surface area contributed by atoms with Gasteiger partial charge in [0.2, 0.25) is 0 Å². The third kappa shape index (κ3) is 2.97. The fourth-order valence-electron chi connectivity index (χ4n) is 3.86. The van der Waals surface area contributed by atoms with E-state index in [-0.39, 0.29) is 11.2 Å². The molecule has 1 aliphatic heterocycles. The maximum absolute atomic E-state index is 13.6. The van der Waals surface area contributed by atoms with E-state index in [1.54, 1.807) is 31.3 Å². The fraction of sp³-hybridized carbons (Fsp3) is 0.250. The highest BCUT2D eigenvalue weighted by molar-refractivity contribution is 6.31. The second-order valence-electron chi connectivity index (χ2n) is 7.24. The van der Waals surface area contributed by atoms with Crippen LogP contribution in [0.5, 0.6) is 0 Å². The zero-order valence-electron chi connectivity index (χ0n) is 16.1. The minimum atomic E-state index is -2.93. The van der Waals surface area contributed by atoms with E-state index in [4.69, 9.17) is 11.6 Å². The topological polar surface area (TPSA) is 103 Å². The number of aliphatic hydroxyl groups is 1. The minimum absolute atomic E-state index is 0.0461. The van der Waals surface area contributed by atoms with Crippen molar-refractivity contribution in [2.24, 2.45) is 0 Å². The van der Waals surface area contributed by atoms with E-state index < -0.39 is 18.2 Å². The van der Waals surface area contributed by atoms with E-state index in [0.717, 1.165) is 0 Å². The molecule has 8 nitrogen and oxygen atoms in total. The molecule has 4 aromatic heterocycles. The number of aromatic nitrogens is 5. The van der Waals surface area contributed by atoms with Gasteiger partial charge in [0.05, 0.1) is 27.9 Å². The van der Waals surface area contributed by atoms with Crippen LogP contribution >= 0.6 is 11.6 Å². The Hall–Kier alpha value is -3.42. The summed E-state index contributed by atoms with van der Waals surface area (Å²) in [6, 6.07) is 5.23. The van der Waals surface area contributed by atoms with Gasteiger partial charge in [-0.1, -0.05) is 11.6 Å². The lowest BCUT2D eigenvalue weighted by atomic mass is 10.0. The first kappa shape index (κ1) is 19.5. The lowest BCUT2D eigenvalue weighted by molar-refractivity contribution is 0.140. The molecular weight excluding hydrogens is 428 g/mol. The van der Waals surface area contributed by atoms with E-state index in [1.807, 2.05) is 4.90 Å². The number of aliphatic hydroxyl groups excluding tert-OH is 1. The fourth-order valence-corrected chi connectivity index (χ4v) is 4.01. The monoisotopic (exact) mass is 441 g/mol. The van der Waals surface area contributed by atoms with Crippen molar-refractivity contribution in [3.63, 3.8) is 0 Å². The van der Waals surface area contributed by atoms with Crippen LogP contribution in [0.15, 0.2) is 24.5 Å². The summed E-state index contributed by atoms with van der Waals surface area (Å²) in [6.07, 6.45) is -0.383. The molecule has 0 aromatic carbocycles. The molecule has 0 radical (unpaired) electrons. The Balaban J connectivity index is 1.89. The van der Waals surface area contributed by atoms with Gasteiger partial charge in [-0.2, -0.15) is 14.9 Å². The Kier molecular flexibility index (Phi) is 4.46. The third-order valence-corrected chi connectivity index (χ3v) is 5.45. The van der Waals surface area contributed by atoms with Gasteiger partial charge in [0.15, 0.2) is 5.65 Å². The molecule has 0 aliphatic carbocycles. The quantitative estimate of drug-likeness (QED) is 0.520. The molecule has 156 valence electrons. The van der Waals surface area contributed by atoms with Crippen molar-refractivity contribution >= 4 is 34.1 Å². The molecule has 1 N–H and O–H groups in total. The summed E-state index contributed by atoms with van der Waals surface area (Å²) in [6.45, 7) is 2.31. The van der Waals surface area contributed by atoms with Crippen LogP contribution in [0.1, 0.15) is 23.4 Å². The van der Waals surface area contributed by atoms with Crippen LogP contribution in [0, 0.1) is 18.3 Å². The number of anilines is 1. The van der Waals surface area contributed by atoms with E-state index >= 15 is 0 Å². The van der Waals surface area contributed by atoms with Gasteiger partial charge >= 0.3 is 0 Å². The van der Waals surface area contributed by atoms with Gasteiger partial charge in [-0.25, -0.2) is 13.8 Å². The van der Waals surface area contributed by atoms with Crippen molar-refractivity contribution in [1.29, 1.82) is 5.26 Å². The van der Waals surface area contributed by atoms with Gasteiger partial charge in [-0.15, -0.1) is 0 Å². The molecule has 0 spiro atoms. The molecule has 0 bridgehead atoms. The predicted octanol–water partition coefficient (Wildman–Crippen LogP) is 3.29. The Bertz CT molecular complexity index is 1390. The number of β-amino-alcohol motifs (C(OH)–C–C–N with tert-alkyl or cyclic N) is 1. The van der Waals surface area contributed by atoms with Crippen LogP contribution in [0.4, 0.5) is 14.6 Å². The number of fused-ring (bicyclic) bond motifs is 2. The number of rotatable bonds is 3. The van der Waals surface area contributed by atoms with Crippen LogP contribution in [-0.4, -0.2) is 48.9 Å². The summed E-state index contributed by atoms with van der Waals surface area (Å²) < 4.78 is 28.4. The van der Waals surface area contributed by atoms with Crippen LogP contribution in [0.3, 0.4) is 0 Å². The molecule has 5 heterocycles. The number of pyridine rings is 2. The molecule has 1 saturated heterocycles. The maximum Gasteiger partial charge on any atom is 0.283 e. The smallest absolute Gasteiger partial charge is 0.283 e. The van der Waals surface area contributed by atoms with Crippen molar-refractivity contribution in [2.45, 2.75) is 19.5 Å². The highest BCUT2D eigenvalue weighted by Gasteiger charge is 2.33. The zero-order valence-corrected chi connectivity index (χ0v) is 16.8. The van der Waals surface area contributed by atoms with E-state index in [1.165, 1.54) is 10.7 Å². The lowest BCUT2D eigenvalue weighted by Gasteiger charge is -2.39. The van der Waals surface area contributed by atoms with Crippen molar-refractivity contribution in [1.82, 2.24) is 24.6 Å². The van der Waals surface area contributed by atoms with Gasteiger partial charge in [0, 0.05) is 36.6 Å². The van der Waals surface area contributed by atoms with Gasteiger partial charge in [-0.3, -0.25) is 9.97 Å². The standard InChI is InChI=1S/C20H14ClF2N7O/c1-9-15(12-2-3-25-14-4-10(21)6-26-16(12)14)20(29-7-11(31)8-29)30-19(27-9)13(5-24)17(28-30)18(22)23/h2-4,6,11,18,31H,7-8H2,1H3. The highest BCUT2D eigenvalue weighted by atomic mass is 35.5. The van der Waals surface area contributed by atoms with Crippen molar-refractivity contribution < 1.29 is 13.9 Å². The van der Waals surface area contributed by atoms with Crippen molar-refractivity contribution in [3.05, 3.63) is 46.5 Å². The van der Waals surface area contributed by atoms with Crippen LogP contribution in [-0.2, 0) is 0 Å². The average Bonchev–Trinajstić information content (AvgIpc) is 3.08. The summed E-state index contributed by atoms with van der Waals surface area (Å²) in [4.78, 5) is 15.0. The number of halogens is 3. The second-order valence-corrected chi connectivity index (χ2v) is 7.68. The van der Waals surface area contributed by atoms with E-state index in [0.29, 0.717) is 51.8 Å². The van der Waals surface area contributed by atoms with Gasteiger partial charge < -0.3 is 10.0 Å². The molecule has 11 heteroatoms. The van der Waals surface area contributed by atoms with Crippen molar-refractivity contribution in [3.8, 4) is 17.2 Å². The Morgan fingerprint density at radius 3 is 2.77 bits per heavy atom. The van der Waals surface area contributed by atoms with Crippen molar-refractivity contribution in [2.75, 3.05) is 18.0 Å². The first-order valence-electron chi connectivity index (χ1n) is 9.34. The summed E-state index contributed by atoms with van der Waals surface area (Å²) in [5, 5.41) is 23.8. The van der Waals surface area contributed by atoms with E-state index in [2.05, 4.69) is 20.1 Å². The maximum atomic E-state index is 13.6. The van der Waals surface area contributed by atoms with Gasteiger partial charge in [-0.05, 0) is 19.1 Å². The molecule has 31 heavy (non-hydrogen) atoms. The van der Waals surface area contributed by atoms with Gasteiger partial charge in [0.25, 0.3) is 6.43 Å². The highest BCUT2D eigenvalue weighted by Crippen LogP contribution is 2.40. The van der Waals surface area contributed by atoms with Crippen LogP contribution in [0.2, 0.25) is 5.02 Å². The number of alkyl halides is 2. The Morgan fingerprint density at radius 2 is 2.10 bits per heavy atom. The summed E-state index contributed by atoms with van der Waals surface area (Å²) >= 11 is 6.05. The molecule has 0 unspecified atom stereocenters. The average molecular weight is 442 g/mol. The second kappa shape index (κ2) is 7.08. The first-order valence-corrected chi connectivity index (χ1v) is 9.72. The largest absolute Gasteiger partial charge is 0.389 e. The van der Waals surface area contributed by atoms with E-state index in [9.17, 15) is 19.1 Å². The number of nitriles is 1. The van der Waals surface area contributed by atoms with Crippen LogP contribution < -0.4 is 4.90 Å². The zero-order chi connectivity index (χ0) is 21.9. The number of hydrogen-bond acceptors (Lipinski definition) is 7.